The van der Waals surface area contributed by atoms with Gasteiger partial charge in [0.2, 0.25) is 0 Å². The van der Waals surface area contributed by atoms with E-state index in [1.807, 2.05) is 13.0 Å². The summed E-state index contributed by atoms with van der Waals surface area (Å²) >= 11 is 9.34. The van der Waals surface area contributed by atoms with Crippen molar-refractivity contribution in [1.82, 2.24) is 4.98 Å². The molecule has 1 heterocycles. The van der Waals surface area contributed by atoms with Crippen molar-refractivity contribution in [2.24, 2.45) is 0 Å². The van der Waals surface area contributed by atoms with Crippen molar-refractivity contribution in [2.75, 3.05) is 5.32 Å². The van der Waals surface area contributed by atoms with E-state index in [1.165, 1.54) is 0 Å². The number of amides is 1. The van der Waals surface area contributed by atoms with Crippen molar-refractivity contribution in [3.05, 3.63) is 57.2 Å². The van der Waals surface area contributed by atoms with Crippen molar-refractivity contribution in [2.45, 2.75) is 6.92 Å². The molecule has 1 aromatic heterocycles. The number of nitrogens with zero attached hydrogens (tertiary/aromatic N) is 1. The molecule has 1 amide bonds. The minimum atomic E-state index is -0.278. The Hall–Kier alpha value is -1.39. The Morgan fingerprint density at radius 2 is 2.17 bits per heavy atom. The van der Waals surface area contributed by atoms with E-state index in [-0.39, 0.29) is 5.91 Å². The van der Waals surface area contributed by atoms with E-state index >= 15 is 0 Å². The summed E-state index contributed by atoms with van der Waals surface area (Å²) in [5, 5.41) is 3.10. The average molecular weight is 326 g/mol. The lowest BCUT2D eigenvalue weighted by atomic mass is 10.2. The molecule has 0 saturated carbocycles. The molecule has 0 bridgehead atoms. The van der Waals surface area contributed by atoms with Crippen LogP contribution in [0.1, 0.15) is 15.9 Å². The number of halogens is 2. The van der Waals surface area contributed by atoms with Crippen molar-refractivity contribution >= 4 is 39.3 Å². The second-order valence-corrected chi connectivity index (χ2v) is 5.01. The number of carbonyl (C=O) groups excluding carboxylic acids is 1. The number of benzene rings is 1. The predicted octanol–water partition coefficient (Wildman–Crippen LogP) is 4.06. The van der Waals surface area contributed by atoms with Crippen LogP contribution in [0.15, 0.2) is 41.0 Å². The van der Waals surface area contributed by atoms with Gasteiger partial charge in [-0.15, -0.1) is 0 Å². The Bertz CT molecular complexity index is 601. The van der Waals surface area contributed by atoms with Gasteiger partial charge in [0, 0.05) is 10.7 Å². The molecule has 0 aliphatic carbocycles. The van der Waals surface area contributed by atoms with Crippen LogP contribution in [0.25, 0.3) is 0 Å². The fourth-order valence-electron chi connectivity index (χ4n) is 1.47. The monoisotopic (exact) mass is 324 g/mol. The lowest BCUT2D eigenvalue weighted by Crippen LogP contribution is -2.13. The molecule has 0 radical (unpaired) electrons. The first kappa shape index (κ1) is 13.1. The molecular formula is C13H10BrClN2O. The van der Waals surface area contributed by atoms with Gasteiger partial charge in [-0.25, -0.2) is 4.98 Å². The van der Waals surface area contributed by atoms with E-state index in [4.69, 9.17) is 11.6 Å². The summed E-state index contributed by atoms with van der Waals surface area (Å²) in [5.41, 5.74) is 1.44. The van der Waals surface area contributed by atoms with Gasteiger partial charge < -0.3 is 5.32 Å². The van der Waals surface area contributed by atoms with Gasteiger partial charge in [0.25, 0.3) is 5.91 Å². The summed E-state index contributed by atoms with van der Waals surface area (Å²) in [5.74, 6) is 0.232. The topological polar surface area (TPSA) is 42.0 Å². The fourth-order valence-corrected chi connectivity index (χ4v) is 2.05. The highest BCUT2D eigenvalue weighted by molar-refractivity contribution is 9.10. The van der Waals surface area contributed by atoms with Crippen LogP contribution in [0.3, 0.4) is 0 Å². The number of aromatic nitrogens is 1. The predicted molar refractivity (Wildman–Crippen MR) is 76.1 cm³/mol. The summed E-state index contributed by atoms with van der Waals surface area (Å²) in [6.07, 6.45) is 1.65. The summed E-state index contributed by atoms with van der Waals surface area (Å²) in [4.78, 5) is 16.1. The molecule has 92 valence electrons. The molecule has 18 heavy (non-hydrogen) atoms. The van der Waals surface area contributed by atoms with E-state index in [0.717, 1.165) is 5.56 Å². The van der Waals surface area contributed by atoms with Crippen molar-refractivity contribution in [3.63, 3.8) is 0 Å². The molecule has 0 spiro atoms. The van der Waals surface area contributed by atoms with Gasteiger partial charge in [-0.05, 0) is 52.7 Å². The van der Waals surface area contributed by atoms with Crippen LogP contribution >= 0.6 is 27.5 Å². The van der Waals surface area contributed by atoms with E-state index in [9.17, 15) is 4.79 Å². The minimum absolute atomic E-state index is 0.278. The quantitative estimate of drug-likeness (QED) is 0.905. The summed E-state index contributed by atoms with van der Waals surface area (Å²) in [6.45, 7) is 1.93. The summed E-state index contributed by atoms with van der Waals surface area (Å²) in [7, 11) is 0. The number of aryl methyl sites for hydroxylation is 1. The minimum Gasteiger partial charge on any atom is -0.307 e. The Morgan fingerprint density at radius 3 is 2.89 bits per heavy atom. The fraction of sp³-hybridized carbons (Fsp3) is 0.0769. The van der Waals surface area contributed by atoms with Gasteiger partial charge >= 0.3 is 0 Å². The average Bonchev–Trinajstić information content (AvgIpc) is 2.32. The van der Waals surface area contributed by atoms with E-state index in [2.05, 4.69) is 26.2 Å². The molecule has 0 unspecified atom stereocenters. The molecular weight excluding hydrogens is 316 g/mol. The highest BCUT2D eigenvalue weighted by atomic mass is 79.9. The van der Waals surface area contributed by atoms with Gasteiger partial charge in [-0.3, -0.25) is 4.79 Å². The van der Waals surface area contributed by atoms with Crippen LogP contribution < -0.4 is 5.32 Å². The van der Waals surface area contributed by atoms with E-state index in [1.54, 1.807) is 30.5 Å². The number of hydrogen-bond acceptors (Lipinski definition) is 2. The maximum absolute atomic E-state index is 12.0. The number of anilines is 1. The van der Waals surface area contributed by atoms with Crippen molar-refractivity contribution < 1.29 is 4.79 Å². The van der Waals surface area contributed by atoms with Gasteiger partial charge in [-0.2, -0.15) is 0 Å². The Kier molecular flexibility index (Phi) is 3.99. The van der Waals surface area contributed by atoms with E-state index in [0.29, 0.717) is 20.9 Å². The van der Waals surface area contributed by atoms with Gasteiger partial charge in [0.05, 0.1) is 10.6 Å². The van der Waals surface area contributed by atoms with Crippen molar-refractivity contribution in [3.8, 4) is 0 Å². The molecule has 2 rings (SSSR count). The van der Waals surface area contributed by atoms with Gasteiger partial charge in [-0.1, -0.05) is 17.7 Å². The standard InChI is InChI=1S/C13H10BrClN2O/c1-8-5-6-16-11(7-8)17-13(18)9-3-2-4-10(14)12(9)15/h2-7H,1H3,(H,16,17,18). The zero-order chi connectivity index (χ0) is 13.1. The number of carbonyl (C=O) groups is 1. The molecule has 2 aromatic rings. The number of rotatable bonds is 2. The first-order chi connectivity index (χ1) is 8.58. The molecule has 0 aliphatic rings. The van der Waals surface area contributed by atoms with Crippen LogP contribution in [0, 0.1) is 6.92 Å². The summed E-state index contributed by atoms with van der Waals surface area (Å²) in [6, 6.07) is 8.86. The first-order valence-electron chi connectivity index (χ1n) is 5.26. The van der Waals surface area contributed by atoms with Crippen LogP contribution in [-0.2, 0) is 0 Å². The van der Waals surface area contributed by atoms with Gasteiger partial charge in [0.1, 0.15) is 5.82 Å². The Balaban J connectivity index is 2.25. The number of nitrogens with one attached hydrogen (secondary N) is 1. The molecule has 1 aromatic carbocycles. The normalized spacial score (nSPS) is 10.2. The molecule has 1 N–H and O–H groups in total. The lowest BCUT2D eigenvalue weighted by Gasteiger charge is -2.07. The maximum atomic E-state index is 12.0. The smallest absolute Gasteiger partial charge is 0.258 e. The molecule has 0 aliphatic heterocycles. The Morgan fingerprint density at radius 1 is 1.39 bits per heavy atom. The van der Waals surface area contributed by atoms with Crippen LogP contribution in [-0.4, -0.2) is 10.9 Å². The third kappa shape index (κ3) is 2.89. The maximum Gasteiger partial charge on any atom is 0.258 e. The SMILES string of the molecule is Cc1ccnc(NC(=O)c2cccc(Br)c2Cl)c1. The van der Waals surface area contributed by atoms with Gasteiger partial charge in [0.15, 0.2) is 0 Å². The summed E-state index contributed by atoms with van der Waals surface area (Å²) < 4.78 is 0.689. The van der Waals surface area contributed by atoms with Crippen LogP contribution in [0.2, 0.25) is 5.02 Å². The second kappa shape index (κ2) is 5.50. The number of hydrogen-bond donors (Lipinski definition) is 1. The lowest BCUT2D eigenvalue weighted by molar-refractivity contribution is 0.102. The molecule has 5 heteroatoms. The van der Waals surface area contributed by atoms with Crippen molar-refractivity contribution in [1.29, 1.82) is 0 Å². The molecule has 0 saturated heterocycles. The molecule has 0 fully saturated rings. The van der Waals surface area contributed by atoms with E-state index < -0.39 is 0 Å². The zero-order valence-corrected chi connectivity index (χ0v) is 11.9. The first-order valence-corrected chi connectivity index (χ1v) is 6.43. The second-order valence-electron chi connectivity index (χ2n) is 3.77. The zero-order valence-electron chi connectivity index (χ0n) is 9.58. The van der Waals surface area contributed by atoms with Crippen LogP contribution in [0.5, 0.6) is 0 Å². The third-order valence-corrected chi connectivity index (χ3v) is 3.65. The molecule has 0 atom stereocenters. The number of pyridine rings is 1. The molecule has 3 nitrogen and oxygen atoms in total. The largest absolute Gasteiger partial charge is 0.307 e. The Labute approximate surface area is 118 Å². The van der Waals surface area contributed by atoms with Crippen LogP contribution in [0.4, 0.5) is 5.82 Å². The third-order valence-electron chi connectivity index (χ3n) is 2.35. The highest BCUT2D eigenvalue weighted by Crippen LogP contribution is 2.26. The highest BCUT2D eigenvalue weighted by Gasteiger charge is 2.12.